The molecule has 3 atom stereocenters. The number of anilines is 2. The molecule has 0 radical (unpaired) electrons. The summed E-state index contributed by atoms with van der Waals surface area (Å²) in [6.45, 7) is 3.88. The fourth-order valence-corrected chi connectivity index (χ4v) is 6.02. The van der Waals surface area contributed by atoms with Gasteiger partial charge >= 0.3 is 5.97 Å². The third-order valence-corrected chi connectivity index (χ3v) is 8.61. The quantitative estimate of drug-likeness (QED) is 0.117. The van der Waals surface area contributed by atoms with E-state index in [1.165, 1.54) is 12.1 Å². The molecular weight excluding hydrogens is 604 g/mol. The fourth-order valence-electron chi connectivity index (χ4n) is 6.02. The van der Waals surface area contributed by atoms with E-state index in [-0.39, 0.29) is 41.8 Å². The number of rotatable bonds is 14. The first kappa shape index (κ1) is 34.0. The van der Waals surface area contributed by atoms with Crippen molar-refractivity contribution in [1.82, 2.24) is 4.90 Å². The second-order valence-electron chi connectivity index (χ2n) is 12.0. The van der Waals surface area contributed by atoms with Gasteiger partial charge in [-0.05, 0) is 48.2 Å². The number of hydrogen-bond donors (Lipinski definition) is 3. The number of piperazine rings is 1. The largest absolute Gasteiger partial charge is 0.481 e. The van der Waals surface area contributed by atoms with E-state index in [2.05, 4.69) is 15.1 Å². The van der Waals surface area contributed by atoms with E-state index in [1.807, 2.05) is 48.5 Å². The summed E-state index contributed by atoms with van der Waals surface area (Å²) in [5.74, 6) is -0.956. The number of ether oxygens (including phenoxy) is 2. The molecule has 47 heavy (non-hydrogen) atoms. The maximum absolute atomic E-state index is 12.6. The molecule has 2 aliphatic rings. The number of carboxylic acids is 1. The van der Waals surface area contributed by atoms with Crippen molar-refractivity contribution in [2.75, 3.05) is 42.9 Å². The van der Waals surface area contributed by atoms with Crippen LogP contribution < -0.4 is 10.2 Å². The smallest absolute Gasteiger partial charge is 0.303 e. The Balaban J connectivity index is 1.22. The minimum atomic E-state index is -0.827. The van der Waals surface area contributed by atoms with E-state index in [0.717, 1.165) is 48.6 Å². The SMILES string of the molecule is O=C(O)CCCCCC(=O)Nc1cccc([C@H]2O[C@@H](CN3CCN(c4ccc([N+](=O)[O-])cc4)CC3)C[C@@H](c3ccc(CO)cc3)O2)c1. The van der Waals surface area contributed by atoms with Crippen LogP contribution in [0.5, 0.6) is 0 Å². The first-order valence-electron chi connectivity index (χ1n) is 16.1. The van der Waals surface area contributed by atoms with Gasteiger partial charge in [-0.1, -0.05) is 42.8 Å². The van der Waals surface area contributed by atoms with Gasteiger partial charge in [-0.25, -0.2) is 0 Å². The van der Waals surface area contributed by atoms with Gasteiger partial charge in [0, 0.05) is 81.1 Å². The maximum Gasteiger partial charge on any atom is 0.303 e. The van der Waals surface area contributed by atoms with Crippen molar-refractivity contribution in [3.63, 3.8) is 0 Å². The molecule has 2 heterocycles. The molecule has 12 heteroatoms. The van der Waals surface area contributed by atoms with Crippen LogP contribution in [0.1, 0.15) is 67.6 Å². The van der Waals surface area contributed by atoms with Crippen molar-refractivity contribution in [2.45, 2.75) is 63.6 Å². The maximum atomic E-state index is 12.6. The minimum Gasteiger partial charge on any atom is -0.481 e. The number of aliphatic carboxylic acids is 1. The van der Waals surface area contributed by atoms with Crippen molar-refractivity contribution < 1.29 is 34.2 Å². The van der Waals surface area contributed by atoms with Crippen molar-refractivity contribution >= 4 is 28.9 Å². The lowest BCUT2D eigenvalue weighted by Crippen LogP contribution is -2.49. The molecule has 0 aliphatic carbocycles. The van der Waals surface area contributed by atoms with Gasteiger partial charge in [0.05, 0.1) is 23.7 Å². The Morgan fingerprint density at radius 3 is 2.30 bits per heavy atom. The molecular formula is C35H42N4O8. The Bertz CT molecular complexity index is 1490. The molecule has 0 saturated carbocycles. The zero-order valence-corrected chi connectivity index (χ0v) is 26.3. The predicted molar refractivity (Wildman–Crippen MR) is 176 cm³/mol. The van der Waals surface area contributed by atoms with Crippen LogP contribution in [0.15, 0.2) is 72.8 Å². The number of unbranched alkanes of at least 4 members (excludes halogenated alkanes) is 2. The van der Waals surface area contributed by atoms with Crippen LogP contribution in [0, 0.1) is 10.1 Å². The molecule has 0 spiro atoms. The second kappa shape index (κ2) is 16.5. The van der Waals surface area contributed by atoms with E-state index in [0.29, 0.717) is 44.3 Å². The van der Waals surface area contributed by atoms with Crippen LogP contribution in [0.4, 0.5) is 17.1 Å². The van der Waals surface area contributed by atoms with E-state index < -0.39 is 12.3 Å². The van der Waals surface area contributed by atoms with Gasteiger partial charge in [-0.2, -0.15) is 0 Å². The molecule has 2 saturated heterocycles. The summed E-state index contributed by atoms with van der Waals surface area (Å²) in [7, 11) is 0. The molecule has 0 aromatic heterocycles. The molecule has 3 N–H and O–H groups in total. The summed E-state index contributed by atoms with van der Waals surface area (Å²) in [6, 6.07) is 21.9. The van der Waals surface area contributed by atoms with Gasteiger partial charge in [0.2, 0.25) is 5.91 Å². The summed E-state index contributed by atoms with van der Waals surface area (Å²) in [5.41, 5.74) is 4.29. The summed E-state index contributed by atoms with van der Waals surface area (Å²) >= 11 is 0. The number of nitro groups is 1. The zero-order chi connectivity index (χ0) is 33.2. The Kier molecular flexibility index (Phi) is 11.9. The molecule has 5 rings (SSSR count). The number of aliphatic hydroxyl groups excluding tert-OH is 1. The summed E-state index contributed by atoms with van der Waals surface area (Å²) in [6.07, 6.45) is 1.88. The number of carbonyl (C=O) groups is 2. The predicted octanol–water partition coefficient (Wildman–Crippen LogP) is 5.43. The lowest BCUT2D eigenvalue weighted by molar-refractivity contribution is -0.384. The summed E-state index contributed by atoms with van der Waals surface area (Å²) in [4.78, 5) is 38.5. The van der Waals surface area contributed by atoms with Crippen LogP contribution in [0.25, 0.3) is 0 Å². The highest BCUT2D eigenvalue weighted by molar-refractivity contribution is 5.90. The van der Waals surface area contributed by atoms with Crippen LogP contribution in [0.3, 0.4) is 0 Å². The van der Waals surface area contributed by atoms with Crippen molar-refractivity contribution in [1.29, 1.82) is 0 Å². The van der Waals surface area contributed by atoms with Gasteiger partial charge < -0.3 is 29.9 Å². The molecule has 12 nitrogen and oxygen atoms in total. The number of nitrogens with one attached hydrogen (secondary N) is 1. The number of nitrogens with zero attached hydrogens (tertiary/aromatic N) is 3. The molecule has 0 unspecified atom stereocenters. The van der Waals surface area contributed by atoms with Gasteiger partial charge in [-0.15, -0.1) is 0 Å². The first-order chi connectivity index (χ1) is 22.8. The number of aliphatic hydroxyl groups is 1. The van der Waals surface area contributed by atoms with Gasteiger partial charge in [-0.3, -0.25) is 24.6 Å². The standard InChI is InChI=1S/C35H42N4O8/c40-24-25-9-11-26(12-10-25)32-22-31(23-37-17-19-38(20-18-37)29-13-15-30(16-14-29)39(44)45)46-35(47-32)27-5-4-6-28(21-27)36-33(41)7-2-1-3-8-34(42)43/h4-6,9-16,21,31-32,35,40H,1-3,7-8,17-20,22-24H2,(H,36,41)(H,42,43)/t31-,32+,35+/m1/s1. The van der Waals surface area contributed by atoms with Gasteiger partial charge in [0.1, 0.15) is 0 Å². The Labute approximate surface area is 274 Å². The average Bonchev–Trinajstić information content (AvgIpc) is 3.08. The number of hydrogen-bond acceptors (Lipinski definition) is 9. The number of carboxylic acid groups (broad SMARTS) is 1. The second-order valence-corrected chi connectivity index (χ2v) is 12.0. The molecule has 0 bridgehead atoms. The molecule has 250 valence electrons. The zero-order valence-electron chi connectivity index (χ0n) is 26.3. The number of non-ortho nitro benzene ring substituents is 1. The van der Waals surface area contributed by atoms with Crippen LogP contribution in [-0.2, 0) is 25.7 Å². The topological polar surface area (TPSA) is 155 Å². The Morgan fingerprint density at radius 1 is 0.894 bits per heavy atom. The third-order valence-electron chi connectivity index (χ3n) is 8.61. The van der Waals surface area contributed by atoms with Crippen LogP contribution in [-0.4, -0.2) is 70.7 Å². The van der Waals surface area contributed by atoms with Gasteiger partial charge in [0.15, 0.2) is 6.29 Å². The minimum absolute atomic E-state index is 0.0349. The van der Waals surface area contributed by atoms with Crippen LogP contribution in [0.2, 0.25) is 0 Å². The highest BCUT2D eigenvalue weighted by Gasteiger charge is 2.34. The molecule has 3 aromatic rings. The number of carbonyl (C=O) groups excluding carboxylic acids is 1. The van der Waals surface area contributed by atoms with E-state index >= 15 is 0 Å². The third kappa shape index (κ3) is 9.82. The monoisotopic (exact) mass is 646 g/mol. The van der Waals surface area contributed by atoms with Crippen molar-refractivity contribution in [2.24, 2.45) is 0 Å². The normalized spacial score (nSPS) is 20.1. The van der Waals surface area contributed by atoms with E-state index in [9.17, 15) is 24.8 Å². The van der Waals surface area contributed by atoms with E-state index in [1.54, 1.807) is 12.1 Å². The first-order valence-corrected chi connectivity index (χ1v) is 16.1. The number of nitro benzene ring substituents is 1. The lowest BCUT2D eigenvalue weighted by atomic mass is 9.99. The van der Waals surface area contributed by atoms with Crippen molar-refractivity contribution in [3.8, 4) is 0 Å². The van der Waals surface area contributed by atoms with Gasteiger partial charge in [0.25, 0.3) is 5.69 Å². The van der Waals surface area contributed by atoms with Crippen LogP contribution >= 0.6 is 0 Å². The number of benzene rings is 3. The Morgan fingerprint density at radius 2 is 1.62 bits per heavy atom. The molecule has 2 fully saturated rings. The van der Waals surface area contributed by atoms with Crippen molar-refractivity contribution in [3.05, 3.63) is 99.6 Å². The number of amides is 1. The average molecular weight is 647 g/mol. The highest BCUT2D eigenvalue weighted by Crippen LogP contribution is 2.39. The molecule has 1 amide bonds. The molecule has 2 aliphatic heterocycles. The highest BCUT2D eigenvalue weighted by atomic mass is 16.7. The summed E-state index contributed by atoms with van der Waals surface area (Å²) in [5, 5.41) is 32.3. The Hall–Kier alpha value is -4.36. The fraction of sp³-hybridized carbons (Fsp3) is 0.429. The molecule has 3 aromatic carbocycles. The lowest BCUT2D eigenvalue weighted by Gasteiger charge is -2.41. The summed E-state index contributed by atoms with van der Waals surface area (Å²) < 4.78 is 13.1. The van der Waals surface area contributed by atoms with E-state index in [4.69, 9.17) is 14.6 Å².